The van der Waals surface area contributed by atoms with Crippen molar-refractivity contribution in [3.05, 3.63) is 57.6 Å². The van der Waals surface area contributed by atoms with Gasteiger partial charge in [0.05, 0.1) is 26.7 Å². The molecular weight excluding hydrogens is 540 g/mol. The van der Waals surface area contributed by atoms with Crippen LogP contribution in [-0.2, 0) is 17.7 Å². The van der Waals surface area contributed by atoms with Crippen LogP contribution in [0.1, 0.15) is 38.3 Å². The number of likely N-dealkylation sites (N-methyl/N-ethyl adjacent to an activating group) is 2. The van der Waals surface area contributed by atoms with Crippen LogP contribution >= 0.6 is 0 Å². The summed E-state index contributed by atoms with van der Waals surface area (Å²) in [6.45, 7) is 7.61. The first kappa shape index (κ1) is 34.5. The van der Waals surface area contributed by atoms with Crippen molar-refractivity contribution >= 4 is 0 Å². The highest BCUT2D eigenvalue weighted by molar-refractivity contribution is 5.44. The minimum atomic E-state index is -0.796. The second kappa shape index (κ2) is 17.3. The molecule has 0 fully saturated rings. The summed E-state index contributed by atoms with van der Waals surface area (Å²) in [6.07, 6.45) is 1.16. The Labute approximate surface area is 250 Å². The largest absolute Gasteiger partial charge is 0.493 e. The van der Waals surface area contributed by atoms with Crippen LogP contribution in [0.2, 0.25) is 0 Å². The van der Waals surface area contributed by atoms with Crippen molar-refractivity contribution in [3.8, 4) is 29.1 Å². The van der Waals surface area contributed by atoms with Crippen LogP contribution in [0.3, 0.4) is 0 Å². The Morgan fingerprint density at radius 2 is 1.60 bits per heavy atom. The van der Waals surface area contributed by atoms with Gasteiger partial charge in [0.25, 0.3) is 5.09 Å². The lowest BCUT2D eigenvalue weighted by Gasteiger charge is -2.36. The van der Waals surface area contributed by atoms with E-state index in [0.29, 0.717) is 36.0 Å². The molecule has 3 atom stereocenters. The van der Waals surface area contributed by atoms with E-state index in [0.717, 1.165) is 30.5 Å². The summed E-state index contributed by atoms with van der Waals surface area (Å²) in [5, 5.41) is 19.1. The van der Waals surface area contributed by atoms with E-state index in [-0.39, 0.29) is 24.7 Å². The Kier molecular flexibility index (Phi) is 14.2. The molecule has 0 saturated carbocycles. The number of hydrogen-bond acceptors (Lipinski definition) is 10. The molecule has 0 aliphatic heterocycles. The molecule has 0 aromatic heterocycles. The Morgan fingerprint density at radius 3 is 2.17 bits per heavy atom. The summed E-state index contributed by atoms with van der Waals surface area (Å²) >= 11 is 0. The molecule has 0 N–H and O–H groups in total. The van der Waals surface area contributed by atoms with Gasteiger partial charge in [0.15, 0.2) is 29.1 Å². The highest BCUT2D eigenvalue weighted by Crippen LogP contribution is 2.32. The van der Waals surface area contributed by atoms with Crippen molar-refractivity contribution in [2.45, 2.75) is 58.3 Å². The molecule has 3 unspecified atom stereocenters. The van der Waals surface area contributed by atoms with Gasteiger partial charge in [0.1, 0.15) is 12.7 Å². The smallest absolute Gasteiger partial charge is 0.294 e. The number of methoxy groups -OCH3 is 2. The van der Waals surface area contributed by atoms with Crippen LogP contribution in [0.5, 0.6) is 23.0 Å². The number of hydrogen-bond donors (Lipinski definition) is 0. The lowest BCUT2D eigenvalue weighted by molar-refractivity contribution is -0.768. The second-order valence-electron chi connectivity index (χ2n) is 10.9. The van der Waals surface area contributed by atoms with Crippen LogP contribution in [-0.4, -0.2) is 88.2 Å². The Bertz CT molecular complexity index is 1170. The highest BCUT2D eigenvalue weighted by atomic mass is 17.0. The van der Waals surface area contributed by atoms with Crippen molar-refractivity contribution in [1.29, 1.82) is 5.26 Å². The normalized spacial score (nSPS) is 13.4. The van der Waals surface area contributed by atoms with Gasteiger partial charge in [-0.2, -0.15) is 5.26 Å². The molecule has 0 amide bonds. The third-order valence-corrected chi connectivity index (χ3v) is 7.00. The molecule has 0 spiro atoms. The third-order valence-electron chi connectivity index (χ3n) is 7.00. The Balaban J connectivity index is 2.10. The van der Waals surface area contributed by atoms with Crippen molar-refractivity contribution in [2.75, 3.05) is 55.1 Å². The van der Waals surface area contributed by atoms with E-state index in [1.54, 1.807) is 19.1 Å². The molecule has 0 heterocycles. The molecule has 232 valence electrons. The molecule has 2 rings (SSSR count). The first-order chi connectivity index (χ1) is 20.0. The summed E-state index contributed by atoms with van der Waals surface area (Å²) < 4.78 is 23.6. The molecule has 42 heavy (non-hydrogen) atoms. The molecule has 2 aromatic rings. The monoisotopic (exact) mass is 586 g/mol. The lowest BCUT2D eigenvalue weighted by atomic mass is 9.95. The van der Waals surface area contributed by atoms with E-state index < -0.39 is 11.2 Å². The zero-order valence-corrected chi connectivity index (χ0v) is 26.2. The van der Waals surface area contributed by atoms with Gasteiger partial charge < -0.3 is 28.7 Å². The predicted octanol–water partition coefficient (Wildman–Crippen LogP) is 4.64. The van der Waals surface area contributed by atoms with Gasteiger partial charge in [-0.1, -0.05) is 32.9 Å². The van der Waals surface area contributed by atoms with Crippen molar-refractivity contribution in [3.63, 3.8) is 0 Å². The predicted molar refractivity (Wildman–Crippen MR) is 161 cm³/mol. The van der Waals surface area contributed by atoms with E-state index in [1.165, 1.54) is 0 Å². The average Bonchev–Trinajstić information content (AvgIpc) is 2.94. The fraction of sp³-hybridized carbons (Fsp3) is 0.581. The van der Waals surface area contributed by atoms with Gasteiger partial charge in [-0.25, -0.2) is 0 Å². The maximum absolute atomic E-state index is 10.9. The van der Waals surface area contributed by atoms with E-state index in [9.17, 15) is 10.1 Å². The topological polar surface area (TPSA) is 120 Å². The fourth-order valence-corrected chi connectivity index (χ4v) is 4.90. The zero-order chi connectivity index (χ0) is 31.2. The summed E-state index contributed by atoms with van der Waals surface area (Å²) in [4.78, 5) is 19.7. The van der Waals surface area contributed by atoms with Crippen LogP contribution in [0, 0.1) is 27.4 Å². The van der Waals surface area contributed by atoms with Crippen LogP contribution < -0.4 is 18.9 Å². The number of nitriles is 1. The van der Waals surface area contributed by atoms with Gasteiger partial charge in [-0.15, -0.1) is 10.1 Å². The number of nitrogens with zero attached hydrogens (tertiary/aromatic N) is 4. The fourth-order valence-electron chi connectivity index (χ4n) is 4.90. The average molecular weight is 587 g/mol. The molecule has 11 nitrogen and oxygen atoms in total. The molecule has 2 aromatic carbocycles. The molecule has 0 aliphatic rings. The quantitative estimate of drug-likeness (QED) is 0.170. The van der Waals surface area contributed by atoms with Gasteiger partial charge in [-0.05, 0) is 75.3 Å². The Hall–Kier alpha value is -3.75. The van der Waals surface area contributed by atoms with Gasteiger partial charge in [-0.3, -0.25) is 4.90 Å². The SMILES string of the molecule is CCC(C(Oc1ccc(CC#N)cc1OC)C(C)C)N(C)CCc1ccc(OCC(CN(C)C)O[N+](=O)[O-])c(OC)c1. The van der Waals surface area contributed by atoms with E-state index in [2.05, 4.69) is 38.8 Å². The summed E-state index contributed by atoms with van der Waals surface area (Å²) in [7, 11) is 8.91. The summed E-state index contributed by atoms with van der Waals surface area (Å²) in [5.74, 6) is 2.59. The first-order valence-electron chi connectivity index (χ1n) is 14.2. The van der Waals surface area contributed by atoms with Crippen LogP contribution in [0.15, 0.2) is 36.4 Å². The maximum atomic E-state index is 10.9. The minimum absolute atomic E-state index is 0.0121. The van der Waals surface area contributed by atoms with Crippen molar-refractivity contribution < 1.29 is 28.9 Å². The molecule has 0 bridgehead atoms. The maximum Gasteiger partial charge on any atom is 0.294 e. The molecule has 11 heteroatoms. The Morgan fingerprint density at radius 1 is 0.976 bits per heavy atom. The van der Waals surface area contributed by atoms with Gasteiger partial charge in [0, 0.05) is 19.1 Å². The zero-order valence-electron chi connectivity index (χ0n) is 26.2. The van der Waals surface area contributed by atoms with Crippen molar-refractivity contribution in [1.82, 2.24) is 9.80 Å². The van der Waals surface area contributed by atoms with Gasteiger partial charge >= 0.3 is 0 Å². The molecular formula is C31H46N4O7. The number of benzene rings is 2. The number of ether oxygens (including phenoxy) is 4. The summed E-state index contributed by atoms with van der Waals surface area (Å²) in [6, 6.07) is 13.7. The molecule has 0 radical (unpaired) electrons. The highest BCUT2D eigenvalue weighted by Gasteiger charge is 2.29. The van der Waals surface area contributed by atoms with Crippen molar-refractivity contribution in [2.24, 2.45) is 5.92 Å². The van der Waals surface area contributed by atoms with Crippen LogP contribution in [0.4, 0.5) is 0 Å². The minimum Gasteiger partial charge on any atom is -0.493 e. The van der Waals surface area contributed by atoms with Crippen LogP contribution in [0.25, 0.3) is 0 Å². The standard InChI is InChI=1S/C31H46N4O7/c1-9-26(31(22(2)3)41-28-13-11-23(14-16-32)18-30(28)39-8)34(6)17-15-24-10-12-27(29(19-24)38-7)40-21-25(20-33(4)5)42-35(36)37/h10-13,18-19,22,25-26,31H,9,14-15,17,20-21H2,1-8H3. The second-order valence-corrected chi connectivity index (χ2v) is 10.9. The molecule has 0 aliphatic carbocycles. The van der Waals surface area contributed by atoms with E-state index in [4.69, 9.17) is 29.0 Å². The first-order valence-corrected chi connectivity index (χ1v) is 14.2. The lowest BCUT2D eigenvalue weighted by Crippen LogP contribution is -2.47. The number of rotatable bonds is 19. The third kappa shape index (κ3) is 10.6. The van der Waals surface area contributed by atoms with E-state index in [1.807, 2.05) is 50.5 Å². The van der Waals surface area contributed by atoms with Gasteiger partial charge in [0.2, 0.25) is 0 Å². The molecule has 0 saturated heterocycles. The van der Waals surface area contributed by atoms with E-state index >= 15 is 0 Å². The summed E-state index contributed by atoms with van der Waals surface area (Å²) in [5.41, 5.74) is 1.96.